The van der Waals surface area contributed by atoms with Crippen molar-refractivity contribution < 1.29 is 15.0 Å². The number of aryl methyl sites for hydroxylation is 1. The summed E-state index contributed by atoms with van der Waals surface area (Å²) in [5.41, 5.74) is 1.45. The molecule has 2 rings (SSSR count). The average Bonchev–Trinajstić information content (AvgIpc) is 2.66. The van der Waals surface area contributed by atoms with Crippen LogP contribution in [0.1, 0.15) is 36.1 Å². The molecule has 0 saturated carbocycles. The fourth-order valence-electron chi connectivity index (χ4n) is 2.43. The van der Waals surface area contributed by atoms with Crippen LogP contribution >= 0.6 is 0 Å². The fraction of sp³-hybridized carbons (Fsp3) is 0.429. The Morgan fingerprint density at radius 3 is 2.63 bits per heavy atom. The van der Waals surface area contributed by atoms with Crippen LogP contribution in [0.2, 0.25) is 0 Å². The van der Waals surface area contributed by atoms with Crippen LogP contribution in [-0.4, -0.2) is 32.3 Å². The molecule has 102 valence electrons. The second-order valence-corrected chi connectivity index (χ2v) is 5.00. The predicted octanol–water partition coefficient (Wildman–Crippen LogP) is 2.23. The molecule has 0 spiro atoms. The molecule has 0 amide bonds. The highest BCUT2D eigenvalue weighted by Crippen LogP contribution is 2.28. The first-order chi connectivity index (χ1) is 8.97. The first-order valence-corrected chi connectivity index (χ1v) is 6.29. The number of aliphatic hydroxyl groups excluding tert-OH is 1. The minimum absolute atomic E-state index is 0.0437. The minimum atomic E-state index is -0.979. The Labute approximate surface area is 111 Å². The van der Waals surface area contributed by atoms with E-state index in [0.717, 1.165) is 5.82 Å². The van der Waals surface area contributed by atoms with E-state index in [-0.39, 0.29) is 24.1 Å². The summed E-state index contributed by atoms with van der Waals surface area (Å²) in [6, 6.07) is 4.87. The Balaban J connectivity index is 2.79. The van der Waals surface area contributed by atoms with Gasteiger partial charge >= 0.3 is 5.97 Å². The summed E-state index contributed by atoms with van der Waals surface area (Å²) in [7, 11) is 0. The Morgan fingerprint density at radius 1 is 1.42 bits per heavy atom. The second-order valence-electron chi connectivity index (χ2n) is 5.00. The summed E-state index contributed by atoms with van der Waals surface area (Å²) in [5, 5.41) is 18.9. The molecule has 1 aromatic heterocycles. The molecule has 0 unspecified atom stereocenters. The molecule has 0 bridgehead atoms. The molecule has 5 heteroatoms. The number of benzene rings is 1. The first kappa shape index (κ1) is 13.5. The Hall–Kier alpha value is -1.88. The van der Waals surface area contributed by atoms with Crippen LogP contribution in [0.3, 0.4) is 0 Å². The third kappa shape index (κ3) is 2.21. The molecule has 2 N–H and O–H groups in total. The first-order valence-electron chi connectivity index (χ1n) is 6.29. The van der Waals surface area contributed by atoms with E-state index in [1.165, 1.54) is 0 Å². The largest absolute Gasteiger partial charge is 0.478 e. The van der Waals surface area contributed by atoms with Crippen LogP contribution in [0.4, 0.5) is 0 Å². The number of fused-ring (bicyclic) bond motifs is 1. The minimum Gasteiger partial charge on any atom is -0.478 e. The molecule has 1 aromatic carbocycles. The average molecular weight is 262 g/mol. The quantitative estimate of drug-likeness (QED) is 0.886. The number of aromatic carboxylic acids is 1. The highest BCUT2D eigenvalue weighted by Gasteiger charge is 2.23. The van der Waals surface area contributed by atoms with Gasteiger partial charge in [-0.1, -0.05) is 19.9 Å². The number of carboxylic acid groups (broad SMARTS) is 1. The smallest absolute Gasteiger partial charge is 0.337 e. The van der Waals surface area contributed by atoms with Gasteiger partial charge in [0.15, 0.2) is 0 Å². The van der Waals surface area contributed by atoms with Crippen molar-refractivity contribution in [2.45, 2.75) is 26.8 Å². The van der Waals surface area contributed by atoms with Gasteiger partial charge in [0.25, 0.3) is 0 Å². The van der Waals surface area contributed by atoms with Gasteiger partial charge in [0.05, 0.1) is 29.2 Å². The topological polar surface area (TPSA) is 75.3 Å². The lowest BCUT2D eigenvalue weighted by Gasteiger charge is -2.23. The Kier molecular flexibility index (Phi) is 3.57. The van der Waals surface area contributed by atoms with Gasteiger partial charge in [0.2, 0.25) is 0 Å². The molecule has 0 radical (unpaired) electrons. The summed E-state index contributed by atoms with van der Waals surface area (Å²) in [6.07, 6.45) is 0. The zero-order valence-electron chi connectivity index (χ0n) is 11.3. The van der Waals surface area contributed by atoms with Crippen molar-refractivity contribution in [1.29, 1.82) is 0 Å². The fourth-order valence-corrected chi connectivity index (χ4v) is 2.43. The van der Waals surface area contributed by atoms with Gasteiger partial charge in [0.1, 0.15) is 5.82 Å². The number of carboxylic acids is 1. The monoisotopic (exact) mass is 262 g/mol. The predicted molar refractivity (Wildman–Crippen MR) is 72.4 cm³/mol. The number of nitrogens with zero attached hydrogens (tertiary/aromatic N) is 2. The van der Waals surface area contributed by atoms with E-state index in [0.29, 0.717) is 11.0 Å². The van der Waals surface area contributed by atoms with Crippen molar-refractivity contribution in [3.63, 3.8) is 0 Å². The highest BCUT2D eigenvalue weighted by atomic mass is 16.4. The molecular formula is C14H18N2O3. The van der Waals surface area contributed by atoms with E-state index >= 15 is 0 Å². The molecular weight excluding hydrogens is 244 g/mol. The van der Waals surface area contributed by atoms with Gasteiger partial charge in [-0.3, -0.25) is 0 Å². The third-order valence-electron chi connectivity index (χ3n) is 3.41. The maximum atomic E-state index is 11.4. The number of aliphatic hydroxyl groups is 1. The number of rotatable bonds is 4. The lowest BCUT2D eigenvalue weighted by molar-refractivity contribution is 0.0698. The normalized spacial score (nSPS) is 13.1. The van der Waals surface area contributed by atoms with E-state index in [4.69, 9.17) is 0 Å². The van der Waals surface area contributed by atoms with E-state index in [9.17, 15) is 15.0 Å². The third-order valence-corrected chi connectivity index (χ3v) is 3.41. The van der Waals surface area contributed by atoms with Crippen LogP contribution in [0.25, 0.3) is 11.0 Å². The van der Waals surface area contributed by atoms with E-state index in [2.05, 4.69) is 4.98 Å². The zero-order valence-corrected chi connectivity index (χ0v) is 11.3. The summed E-state index contributed by atoms with van der Waals surface area (Å²) in [5.74, 6) is -0.0772. The summed E-state index contributed by atoms with van der Waals surface area (Å²) in [4.78, 5) is 15.7. The lowest BCUT2D eigenvalue weighted by atomic mass is 10.0. The number of para-hydroxylation sites is 1. The number of imidazole rings is 1. The number of carbonyl (C=O) groups is 1. The van der Waals surface area contributed by atoms with Gasteiger partial charge in [-0.05, 0) is 25.0 Å². The molecule has 0 aliphatic carbocycles. The summed E-state index contributed by atoms with van der Waals surface area (Å²) in [6.45, 7) is 5.78. The summed E-state index contributed by atoms with van der Waals surface area (Å²) < 4.78 is 1.84. The number of hydrogen-bond donors (Lipinski definition) is 2. The molecule has 5 nitrogen and oxygen atoms in total. The van der Waals surface area contributed by atoms with Crippen molar-refractivity contribution in [1.82, 2.24) is 9.55 Å². The second kappa shape index (κ2) is 5.01. The number of hydrogen-bond acceptors (Lipinski definition) is 3. The van der Waals surface area contributed by atoms with Crippen LogP contribution in [-0.2, 0) is 0 Å². The highest BCUT2D eigenvalue weighted by molar-refractivity contribution is 6.01. The zero-order chi connectivity index (χ0) is 14.2. The van der Waals surface area contributed by atoms with E-state index in [1.807, 2.05) is 25.3 Å². The van der Waals surface area contributed by atoms with Gasteiger partial charge in [-0.15, -0.1) is 0 Å². The van der Waals surface area contributed by atoms with Crippen molar-refractivity contribution in [2.24, 2.45) is 5.92 Å². The molecule has 2 aromatic rings. The summed E-state index contributed by atoms with van der Waals surface area (Å²) >= 11 is 0. The lowest BCUT2D eigenvalue weighted by Crippen LogP contribution is -2.21. The molecule has 1 atom stereocenters. The molecule has 0 fully saturated rings. The van der Waals surface area contributed by atoms with E-state index < -0.39 is 5.97 Å². The number of aromatic nitrogens is 2. The molecule has 0 saturated heterocycles. The van der Waals surface area contributed by atoms with Crippen LogP contribution < -0.4 is 0 Å². The van der Waals surface area contributed by atoms with E-state index in [1.54, 1.807) is 18.2 Å². The Morgan fingerprint density at radius 2 is 2.11 bits per heavy atom. The van der Waals surface area contributed by atoms with Crippen molar-refractivity contribution >= 4 is 17.0 Å². The van der Waals surface area contributed by atoms with Crippen LogP contribution in [0.5, 0.6) is 0 Å². The van der Waals surface area contributed by atoms with Gasteiger partial charge in [-0.25, -0.2) is 9.78 Å². The SMILES string of the molecule is Cc1nc2cccc(C(=O)O)c2n1[C@@H](CO)C(C)C. The molecule has 19 heavy (non-hydrogen) atoms. The van der Waals surface area contributed by atoms with Crippen molar-refractivity contribution in [3.8, 4) is 0 Å². The van der Waals surface area contributed by atoms with Crippen LogP contribution in [0.15, 0.2) is 18.2 Å². The molecule has 1 heterocycles. The van der Waals surface area contributed by atoms with Gasteiger partial charge in [-0.2, -0.15) is 0 Å². The van der Waals surface area contributed by atoms with Crippen molar-refractivity contribution in [3.05, 3.63) is 29.6 Å². The van der Waals surface area contributed by atoms with Crippen molar-refractivity contribution in [2.75, 3.05) is 6.61 Å². The molecule has 0 aliphatic rings. The maximum Gasteiger partial charge on any atom is 0.337 e. The standard InChI is InChI=1S/C14H18N2O3/c1-8(2)12(7-17)16-9(3)15-11-6-4-5-10(13(11)16)14(18)19/h4-6,8,12,17H,7H2,1-3H3,(H,18,19)/t12-/m0/s1. The Bertz CT molecular complexity index is 616. The maximum absolute atomic E-state index is 11.4. The van der Waals surface area contributed by atoms with Crippen LogP contribution in [0, 0.1) is 12.8 Å². The van der Waals surface area contributed by atoms with Gasteiger partial charge < -0.3 is 14.8 Å². The van der Waals surface area contributed by atoms with Gasteiger partial charge in [0, 0.05) is 0 Å². The molecule has 0 aliphatic heterocycles.